The Morgan fingerprint density at radius 3 is 1.81 bits per heavy atom. The molecular weight excluding hydrogens is 1060 g/mol. The number of pyridine rings is 2. The molecule has 2 aliphatic heterocycles. The molecule has 432 valence electrons. The Balaban J connectivity index is 0.612. The van der Waals surface area contributed by atoms with E-state index >= 15 is 0 Å². The van der Waals surface area contributed by atoms with Crippen molar-refractivity contribution in [1.29, 1.82) is 0 Å². The number of esters is 1. The monoisotopic (exact) mass is 1130 g/mol. The highest BCUT2D eigenvalue weighted by Crippen LogP contribution is 2.32. The maximum Gasteiger partial charge on any atom is 0.414 e. The molecule has 23 nitrogen and oxygen atoms in total. The van der Waals surface area contributed by atoms with Crippen molar-refractivity contribution in [2.24, 2.45) is 0 Å². The Morgan fingerprint density at radius 1 is 0.639 bits per heavy atom. The van der Waals surface area contributed by atoms with Crippen LogP contribution in [0.1, 0.15) is 99.2 Å². The third kappa shape index (κ3) is 13.3. The number of nitrogens with one attached hydrogen (secondary N) is 5. The normalized spacial score (nSPS) is 21.1. The summed E-state index contributed by atoms with van der Waals surface area (Å²) in [4.78, 5) is 57.7. The number of benzene rings is 2. The molecule has 0 spiro atoms. The van der Waals surface area contributed by atoms with E-state index in [4.69, 9.17) is 32.3 Å². The highest BCUT2D eigenvalue weighted by molar-refractivity contribution is 5.90. The van der Waals surface area contributed by atoms with E-state index < -0.39 is 12.1 Å². The Kier molecular flexibility index (Phi) is 16.7. The van der Waals surface area contributed by atoms with Gasteiger partial charge in [-0.05, 0) is 105 Å². The number of carbonyl (C=O) groups excluding carboxylic acids is 2. The predicted octanol–water partition coefficient (Wildman–Crippen LogP) is 9.35. The molecule has 2 saturated heterocycles. The molecule has 12 rings (SSSR count). The van der Waals surface area contributed by atoms with E-state index in [1.807, 2.05) is 48.8 Å². The highest BCUT2D eigenvalue weighted by atomic mass is 16.6. The first kappa shape index (κ1) is 54.9. The molecule has 83 heavy (non-hydrogen) atoms. The molecule has 4 aliphatic rings. The molecule has 23 heteroatoms. The summed E-state index contributed by atoms with van der Waals surface area (Å²) >= 11 is 0. The number of amides is 1. The number of hydrogen-bond donors (Lipinski definition) is 5. The number of oxazole rings is 2. The second-order valence-corrected chi connectivity index (χ2v) is 22.0. The van der Waals surface area contributed by atoms with Gasteiger partial charge >= 0.3 is 23.8 Å². The first-order valence-electron chi connectivity index (χ1n) is 28.9. The average Bonchev–Trinajstić information content (AvgIpc) is 4.41. The van der Waals surface area contributed by atoms with E-state index in [1.165, 1.54) is 11.8 Å². The summed E-state index contributed by atoms with van der Waals surface area (Å²) < 4.78 is 35.4. The van der Waals surface area contributed by atoms with Gasteiger partial charge in [-0.1, -0.05) is 55.1 Å². The zero-order valence-corrected chi connectivity index (χ0v) is 47.0. The van der Waals surface area contributed by atoms with Gasteiger partial charge in [0, 0.05) is 98.1 Å². The smallest absolute Gasteiger partial charge is 0.414 e. The molecule has 5 N–H and O–H groups in total. The Bertz CT molecular complexity index is 3470. The minimum absolute atomic E-state index is 0.144. The topological polar surface area (TPSA) is 266 Å². The molecule has 0 radical (unpaired) electrons. The molecule has 8 aromatic rings. The third-order valence-corrected chi connectivity index (χ3v) is 16.1. The zero-order chi connectivity index (χ0) is 56.7. The molecule has 6 aromatic heterocycles. The number of aryl methyl sites for hydroxylation is 2. The maximum absolute atomic E-state index is 13.3. The van der Waals surface area contributed by atoms with Gasteiger partial charge in [-0.15, -0.1) is 0 Å². The SMILES string of the molecule is COC(=O)c1cccc(-c2cnc(NC3CCCCC3NC3CCCN(c4ccc(-c5nc(C)o[n+]5COC(=O)Nc5cccc(-c6cnc(NC7CCCCC7NC7CCCN(c8ccc(-c9noc(C)n9)nc8)C7)o6)c5)nc4)C3)o2)c1. The second kappa shape index (κ2) is 25.2. The van der Waals surface area contributed by atoms with Crippen LogP contribution in [0.3, 0.4) is 0 Å². The highest BCUT2D eigenvalue weighted by Gasteiger charge is 2.33. The first-order valence-corrected chi connectivity index (χ1v) is 28.9. The van der Waals surface area contributed by atoms with E-state index in [2.05, 4.69) is 78.6 Å². The fourth-order valence-electron chi connectivity index (χ4n) is 12.0. The summed E-state index contributed by atoms with van der Waals surface area (Å²) in [6.45, 7) is 6.88. The third-order valence-electron chi connectivity index (χ3n) is 16.1. The summed E-state index contributed by atoms with van der Waals surface area (Å²) in [6.07, 6.45) is 19.4. The molecule has 1 amide bonds. The molecule has 6 unspecified atom stereocenters. The molecule has 2 aliphatic carbocycles. The van der Waals surface area contributed by atoms with Gasteiger partial charge < -0.3 is 53.9 Å². The van der Waals surface area contributed by atoms with Crippen LogP contribution in [0.4, 0.5) is 33.9 Å². The number of ether oxygens (including phenoxy) is 2. The van der Waals surface area contributed by atoms with Crippen LogP contribution in [0.2, 0.25) is 0 Å². The molecule has 4 fully saturated rings. The van der Waals surface area contributed by atoms with Gasteiger partial charge in [0.1, 0.15) is 5.69 Å². The summed E-state index contributed by atoms with van der Waals surface area (Å²) in [5.74, 6) is 2.59. The van der Waals surface area contributed by atoms with Gasteiger partial charge in [0.25, 0.3) is 18.8 Å². The summed E-state index contributed by atoms with van der Waals surface area (Å²) in [7, 11) is 1.37. The van der Waals surface area contributed by atoms with Crippen LogP contribution in [-0.4, -0.2) is 117 Å². The molecule has 0 bridgehead atoms. The molecule has 8 heterocycles. The van der Waals surface area contributed by atoms with E-state index in [-0.39, 0.29) is 36.9 Å². The number of nitrogens with zero attached hydrogens (tertiary/aromatic N) is 10. The van der Waals surface area contributed by atoms with Crippen molar-refractivity contribution in [2.75, 3.05) is 59.0 Å². The number of piperidine rings is 2. The van der Waals surface area contributed by atoms with Crippen molar-refractivity contribution in [3.8, 4) is 45.7 Å². The predicted molar refractivity (Wildman–Crippen MR) is 308 cm³/mol. The largest absolute Gasteiger partial charge is 0.465 e. The average molecular weight is 1130 g/mol. The van der Waals surface area contributed by atoms with Gasteiger partial charge in [0.05, 0.1) is 48.8 Å². The minimum atomic E-state index is -0.671. The van der Waals surface area contributed by atoms with Gasteiger partial charge in [-0.25, -0.2) is 24.5 Å². The van der Waals surface area contributed by atoms with Crippen molar-refractivity contribution in [3.63, 3.8) is 0 Å². The lowest BCUT2D eigenvalue weighted by atomic mass is 9.89. The molecule has 2 saturated carbocycles. The van der Waals surface area contributed by atoms with Crippen molar-refractivity contribution >= 4 is 41.2 Å². The second-order valence-electron chi connectivity index (χ2n) is 22.0. The van der Waals surface area contributed by atoms with Crippen LogP contribution in [0.15, 0.2) is 115 Å². The van der Waals surface area contributed by atoms with Crippen LogP contribution in [0.25, 0.3) is 45.7 Å². The number of anilines is 5. The Labute approximate surface area is 480 Å². The Morgan fingerprint density at radius 2 is 1.23 bits per heavy atom. The van der Waals surface area contributed by atoms with E-state index in [1.54, 1.807) is 50.5 Å². The number of hydrogen-bond acceptors (Lipinski definition) is 21. The van der Waals surface area contributed by atoms with E-state index in [0.29, 0.717) is 75.7 Å². The fourth-order valence-corrected chi connectivity index (χ4v) is 12.0. The van der Waals surface area contributed by atoms with Crippen LogP contribution >= 0.6 is 0 Å². The van der Waals surface area contributed by atoms with E-state index in [9.17, 15) is 9.59 Å². The number of carbonyl (C=O) groups is 2. The van der Waals surface area contributed by atoms with Gasteiger partial charge in [-0.3, -0.25) is 14.8 Å². The summed E-state index contributed by atoms with van der Waals surface area (Å²) in [6, 6.07) is 24.8. The lowest BCUT2D eigenvalue weighted by Crippen LogP contribution is -2.54. The fraction of sp³-hybridized carbons (Fsp3) is 0.433. The van der Waals surface area contributed by atoms with Crippen molar-refractivity contribution in [2.45, 2.75) is 134 Å². The molecule has 2 aromatic carbocycles. The van der Waals surface area contributed by atoms with Crippen LogP contribution in [0.5, 0.6) is 0 Å². The van der Waals surface area contributed by atoms with Crippen LogP contribution in [-0.2, 0) is 16.2 Å². The molecule has 6 atom stereocenters. The van der Waals surface area contributed by atoms with Crippen LogP contribution < -0.4 is 41.1 Å². The van der Waals surface area contributed by atoms with E-state index in [0.717, 1.165) is 126 Å². The first-order chi connectivity index (χ1) is 40.6. The van der Waals surface area contributed by atoms with Gasteiger partial charge in [0.15, 0.2) is 17.2 Å². The number of methoxy groups -OCH3 is 1. The van der Waals surface area contributed by atoms with Crippen molar-refractivity contribution in [3.05, 3.63) is 115 Å². The Hall–Kier alpha value is -8.70. The van der Waals surface area contributed by atoms with Gasteiger partial charge in [-0.2, -0.15) is 4.98 Å². The quantitative estimate of drug-likeness (QED) is 0.0395. The summed E-state index contributed by atoms with van der Waals surface area (Å²) in [5.41, 5.74) is 5.84. The number of rotatable bonds is 18. The molecular formula is C60H70N15O8+. The minimum Gasteiger partial charge on any atom is -0.465 e. The lowest BCUT2D eigenvalue weighted by Gasteiger charge is -2.40. The van der Waals surface area contributed by atoms with Crippen molar-refractivity contribution < 1.29 is 41.7 Å². The zero-order valence-electron chi connectivity index (χ0n) is 47.0. The summed E-state index contributed by atoms with van der Waals surface area (Å²) in [5, 5.41) is 22.0. The van der Waals surface area contributed by atoms with Crippen molar-refractivity contribution in [1.82, 2.24) is 45.7 Å². The number of aromatic nitrogens is 8. The van der Waals surface area contributed by atoms with Gasteiger partial charge in [0.2, 0.25) is 11.7 Å². The maximum atomic E-state index is 13.3. The standard InChI is InChI=1S/C60H69N15O8/c1-37-65-55(72-82-37)51-24-22-45(30-61-51)73-26-10-16-43(34-73)67-48-19-5-7-21-50(48)71-59-64-33-54(81-59)40-13-9-15-42(29-40)69-60(77)79-36-75-56(66-38(2)83-75)52-25-23-46(31-62-52)74-27-11-17-44(35-74)68-47-18-4-6-20-49(47)70-58-63-32-53(80-58)39-12-8-14-41(28-39)57(76)78-3/h8-9,12-15,22-25,28-33,43-44,47-50,67-68H,4-7,10-11,16-21,26-27,34-36H2,1-3H3,(H2-,63,64,69,70,71,77)/p+1. The lowest BCUT2D eigenvalue weighted by molar-refractivity contribution is -0.876. The van der Waals surface area contributed by atoms with Crippen LogP contribution in [0, 0.1) is 13.8 Å².